The maximum absolute atomic E-state index is 12.8. The minimum atomic E-state index is -0.485. The van der Waals surface area contributed by atoms with E-state index < -0.39 is 5.60 Å². The fraction of sp³-hybridized carbons (Fsp3) is 0.682. The van der Waals surface area contributed by atoms with Gasteiger partial charge in [-0.15, -0.1) is 0 Å². The molecule has 2 heterocycles. The SMILES string of the molecule is CN(CC(=O)OC(C)(C)C)C1CCN(C(=O)c2cnc(OCC3CC3)c(Cl)c2)CC1. The van der Waals surface area contributed by atoms with Crippen LogP contribution in [0.5, 0.6) is 5.88 Å². The average Bonchev–Trinajstić information content (AvgIpc) is 3.49. The maximum atomic E-state index is 12.8. The molecule has 1 saturated heterocycles. The van der Waals surface area contributed by atoms with Crippen molar-refractivity contribution < 1.29 is 19.1 Å². The molecule has 8 heteroatoms. The zero-order valence-electron chi connectivity index (χ0n) is 18.3. The Morgan fingerprint density at radius 3 is 2.47 bits per heavy atom. The van der Waals surface area contributed by atoms with Crippen molar-refractivity contribution in [2.45, 2.75) is 58.1 Å². The lowest BCUT2D eigenvalue weighted by molar-refractivity contribution is -0.156. The van der Waals surface area contributed by atoms with Gasteiger partial charge in [0, 0.05) is 25.3 Å². The van der Waals surface area contributed by atoms with Gasteiger partial charge in [0.15, 0.2) is 0 Å². The number of esters is 1. The van der Waals surface area contributed by atoms with E-state index >= 15 is 0 Å². The zero-order chi connectivity index (χ0) is 21.9. The summed E-state index contributed by atoms with van der Waals surface area (Å²) >= 11 is 6.27. The number of piperidine rings is 1. The minimum Gasteiger partial charge on any atom is -0.476 e. The number of hydrogen-bond acceptors (Lipinski definition) is 6. The first-order chi connectivity index (χ1) is 14.1. The largest absolute Gasteiger partial charge is 0.476 e. The summed E-state index contributed by atoms with van der Waals surface area (Å²) in [5.74, 6) is 0.695. The normalized spacial score (nSPS) is 17.9. The number of rotatable bonds is 7. The van der Waals surface area contributed by atoms with E-state index in [1.165, 1.54) is 19.0 Å². The van der Waals surface area contributed by atoms with Crippen LogP contribution in [0.25, 0.3) is 0 Å². The van der Waals surface area contributed by atoms with E-state index in [9.17, 15) is 9.59 Å². The molecular weight excluding hydrogens is 406 g/mol. The lowest BCUT2D eigenvalue weighted by Gasteiger charge is -2.36. The monoisotopic (exact) mass is 437 g/mol. The molecule has 0 unspecified atom stereocenters. The molecule has 1 aliphatic carbocycles. The average molecular weight is 438 g/mol. The molecule has 1 aromatic rings. The van der Waals surface area contributed by atoms with E-state index in [4.69, 9.17) is 21.1 Å². The van der Waals surface area contributed by atoms with Gasteiger partial charge in [0.05, 0.1) is 18.7 Å². The molecule has 0 N–H and O–H groups in total. The van der Waals surface area contributed by atoms with Crippen molar-refractivity contribution in [3.05, 3.63) is 22.8 Å². The molecule has 0 spiro atoms. The van der Waals surface area contributed by atoms with Crippen molar-refractivity contribution in [2.24, 2.45) is 5.92 Å². The summed E-state index contributed by atoms with van der Waals surface area (Å²) in [5.41, 5.74) is -0.0130. The molecule has 30 heavy (non-hydrogen) atoms. The maximum Gasteiger partial charge on any atom is 0.320 e. The third-order valence-corrected chi connectivity index (χ3v) is 5.65. The van der Waals surface area contributed by atoms with Crippen LogP contribution in [0.3, 0.4) is 0 Å². The molecule has 1 amide bonds. The molecule has 2 aliphatic rings. The second-order valence-corrected chi connectivity index (χ2v) is 9.70. The Morgan fingerprint density at radius 2 is 1.90 bits per heavy atom. The third kappa shape index (κ3) is 6.57. The van der Waals surface area contributed by atoms with E-state index in [0.29, 0.717) is 42.1 Å². The lowest BCUT2D eigenvalue weighted by Crippen LogP contribution is -2.47. The molecule has 1 aliphatic heterocycles. The van der Waals surface area contributed by atoms with Gasteiger partial charge in [-0.1, -0.05) is 11.6 Å². The van der Waals surface area contributed by atoms with Gasteiger partial charge in [-0.05, 0) is 65.5 Å². The summed E-state index contributed by atoms with van der Waals surface area (Å²) in [7, 11) is 1.93. The van der Waals surface area contributed by atoms with Gasteiger partial charge in [-0.3, -0.25) is 14.5 Å². The Balaban J connectivity index is 1.48. The minimum absolute atomic E-state index is 0.0774. The highest BCUT2D eigenvalue weighted by molar-refractivity contribution is 6.32. The number of amides is 1. The molecule has 2 fully saturated rings. The number of pyridine rings is 1. The first kappa shape index (κ1) is 22.8. The van der Waals surface area contributed by atoms with Gasteiger partial charge in [0.25, 0.3) is 5.91 Å². The van der Waals surface area contributed by atoms with E-state index in [-0.39, 0.29) is 24.5 Å². The van der Waals surface area contributed by atoms with Gasteiger partial charge in [-0.25, -0.2) is 4.98 Å². The fourth-order valence-corrected chi connectivity index (χ4v) is 3.75. The highest BCUT2D eigenvalue weighted by Crippen LogP contribution is 2.31. The molecule has 3 rings (SSSR count). The Hall–Kier alpha value is -1.86. The number of carbonyl (C=O) groups is 2. The van der Waals surface area contributed by atoms with E-state index in [1.807, 2.05) is 37.6 Å². The number of halogens is 1. The first-order valence-corrected chi connectivity index (χ1v) is 11.0. The van der Waals surface area contributed by atoms with Crippen LogP contribution in [0, 0.1) is 5.92 Å². The number of likely N-dealkylation sites (tertiary alicyclic amines) is 1. The highest BCUT2D eigenvalue weighted by Gasteiger charge is 2.28. The Labute approximate surface area is 183 Å². The summed E-state index contributed by atoms with van der Waals surface area (Å²) in [4.78, 5) is 33.0. The van der Waals surface area contributed by atoms with Gasteiger partial charge >= 0.3 is 5.97 Å². The van der Waals surface area contributed by atoms with Crippen molar-refractivity contribution in [3.63, 3.8) is 0 Å². The number of hydrogen-bond donors (Lipinski definition) is 0. The fourth-order valence-electron chi connectivity index (χ4n) is 3.53. The smallest absolute Gasteiger partial charge is 0.320 e. The van der Waals surface area contributed by atoms with Gasteiger partial charge in [0.2, 0.25) is 5.88 Å². The predicted octanol–water partition coefficient (Wildman–Crippen LogP) is 3.40. The van der Waals surface area contributed by atoms with Crippen LogP contribution in [0.2, 0.25) is 5.02 Å². The second-order valence-electron chi connectivity index (χ2n) is 9.29. The van der Waals surface area contributed by atoms with Crippen LogP contribution in [0.4, 0.5) is 0 Å². The number of aromatic nitrogens is 1. The number of nitrogens with zero attached hydrogens (tertiary/aromatic N) is 3. The van der Waals surface area contributed by atoms with Crippen molar-refractivity contribution in [1.82, 2.24) is 14.8 Å². The number of likely N-dealkylation sites (N-methyl/N-ethyl adjacent to an activating group) is 1. The van der Waals surface area contributed by atoms with Crippen molar-refractivity contribution >= 4 is 23.5 Å². The molecular formula is C22H32ClN3O4. The van der Waals surface area contributed by atoms with E-state index in [1.54, 1.807) is 6.07 Å². The van der Waals surface area contributed by atoms with Crippen molar-refractivity contribution in [1.29, 1.82) is 0 Å². The molecule has 1 aromatic heterocycles. The summed E-state index contributed by atoms with van der Waals surface area (Å²) < 4.78 is 11.0. The summed E-state index contributed by atoms with van der Waals surface area (Å²) in [6.07, 6.45) is 5.52. The quantitative estimate of drug-likeness (QED) is 0.609. The Morgan fingerprint density at radius 1 is 1.23 bits per heavy atom. The molecule has 0 radical (unpaired) electrons. The first-order valence-electron chi connectivity index (χ1n) is 10.6. The van der Waals surface area contributed by atoms with Crippen LogP contribution in [0.15, 0.2) is 12.3 Å². The highest BCUT2D eigenvalue weighted by atomic mass is 35.5. The van der Waals surface area contributed by atoms with Gasteiger partial charge < -0.3 is 14.4 Å². The molecule has 7 nitrogen and oxygen atoms in total. The topological polar surface area (TPSA) is 72.0 Å². The van der Waals surface area contributed by atoms with Crippen LogP contribution in [0.1, 0.15) is 56.8 Å². The predicted molar refractivity (Wildman–Crippen MR) is 115 cm³/mol. The van der Waals surface area contributed by atoms with Gasteiger partial charge in [-0.2, -0.15) is 0 Å². The number of ether oxygens (including phenoxy) is 2. The van der Waals surface area contributed by atoms with Crippen LogP contribution in [-0.2, 0) is 9.53 Å². The molecule has 1 saturated carbocycles. The number of carbonyl (C=O) groups excluding carboxylic acids is 2. The molecule has 0 atom stereocenters. The summed E-state index contributed by atoms with van der Waals surface area (Å²) in [5, 5.41) is 0.369. The summed E-state index contributed by atoms with van der Waals surface area (Å²) in [6.45, 7) is 7.72. The third-order valence-electron chi connectivity index (χ3n) is 5.38. The van der Waals surface area contributed by atoms with E-state index in [0.717, 1.165) is 12.8 Å². The van der Waals surface area contributed by atoms with E-state index in [2.05, 4.69) is 4.98 Å². The lowest BCUT2D eigenvalue weighted by atomic mass is 10.0. The van der Waals surface area contributed by atoms with Crippen LogP contribution >= 0.6 is 11.6 Å². The Bertz CT molecular complexity index is 768. The molecule has 166 valence electrons. The zero-order valence-corrected chi connectivity index (χ0v) is 19.1. The van der Waals surface area contributed by atoms with Crippen molar-refractivity contribution in [3.8, 4) is 5.88 Å². The molecule has 0 aromatic carbocycles. The summed E-state index contributed by atoms with van der Waals surface area (Å²) in [6, 6.07) is 1.88. The van der Waals surface area contributed by atoms with Crippen molar-refractivity contribution in [2.75, 3.05) is 33.3 Å². The van der Waals surface area contributed by atoms with Gasteiger partial charge in [0.1, 0.15) is 10.6 Å². The standard InChI is InChI=1S/C22H32ClN3O4/c1-22(2,3)30-19(27)13-25(4)17-7-9-26(10-8-17)21(28)16-11-18(23)20(24-12-16)29-14-15-5-6-15/h11-12,15,17H,5-10,13-14H2,1-4H3. The Kier molecular flexibility index (Phi) is 7.24. The second kappa shape index (κ2) is 9.52. The molecule has 0 bridgehead atoms. The van der Waals surface area contributed by atoms with Crippen LogP contribution in [-0.4, -0.2) is 71.6 Å². The van der Waals surface area contributed by atoms with Crippen LogP contribution < -0.4 is 4.74 Å².